The zero-order chi connectivity index (χ0) is 13.5. The van der Waals surface area contributed by atoms with Gasteiger partial charge in [-0.3, -0.25) is 9.59 Å². The largest absolute Gasteiger partial charge is 0.466 e. The van der Waals surface area contributed by atoms with Gasteiger partial charge in [-0.25, -0.2) is 0 Å². The molecule has 5 heteroatoms. The molecule has 0 bridgehead atoms. The summed E-state index contributed by atoms with van der Waals surface area (Å²) in [7, 11) is 0. The molecule has 0 heterocycles. The second-order valence-corrected chi connectivity index (χ2v) is 4.25. The SMILES string of the molecule is CCOC(=O)CCC(C)C(C)(N)C(=O)OCC. The lowest BCUT2D eigenvalue weighted by Gasteiger charge is -2.28. The summed E-state index contributed by atoms with van der Waals surface area (Å²) in [5.74, 6) is -0.846. The minimum absolute atomic E-state index is 0.147. The topological polar surface area (TPSA) is 78.6 Å². The van der Waals surface area contributed by atoms with Crippen LogP contribution in [-0.4, -0.2) is 30.7 Å². The minimum atomic E-state index is -1.07. The Morgan fingerprint density at radius 2 is 1.76 bits per heavy atom. The minimum Gasteiger partial charge on any atom is -0.466 e. The van der Waals surface area contributed by atoms with Gasteiger partial charge in [-0.2, -0.15) is 0 Å². The van der Waals surface area contributed by atoms with Gasteiger partial charge in [-0.15, -0.1) is 0 Å². The van der Waals surface area contributed by atoms with Crippen LogP contribution in [0.4, 0.5) is 0 Å². The maximum Gasteiger partial charge on any atom is 0.326 e. The molecule has 0 amide bonds. The van der Waals surface area contributed by atoms with E-state index < -0.39 is 11.5 Å². The number of ether oxygens (including phenoxy) is 2. The van der Waals surface area contributed by atoms with E-state index in [-0.39, 0.29) is 18.3 Å². The lowest BCUT2D eigenvalue weighted by Crippen LogP contribution is -2.51. The molecule has 0 saturated carbocycles. The van der Waals surface area contributed by atoms with Gasteiger partial charge in [0.2, 0.25) is 0 Å². The predicted octanol–water partition coefficient (Wildman–Crippen LogP) is 1.25. The van der Waals surface area contributed by atoms with Crippen LogP contribution in [0.5, 0.6) is 0 Å². The number of esters is 2. The highest BCUT2D eigenvalue weighted by molar-refractivity contribution is 5.80. The Morgan fingerprint density at radius 3 is 2.24 bits per heavy atom. The fraction of sp³-hybridized carbons (Fsp3) is 0.833. The number of rotatable bonds is 7. The molecular weight excluding hydrogens is 222 g/mol. The second kappa shape index (κ2) is 7.27. The summed E-state index contributed by atoms with van der Waals surface area (Å²) < 4.78 is 9.72. The first-order chi connectivity index (χ1) is 7.86. The van der Waals surface area contributed by atoms with Crippen molar-refractivity contribution in [2.45, 2.75) is 46.1 Å². The summed E-state index contributed by atoms with van der Waals surface area (Å²) >= 11 is 0. The quantitative estimate of drug-likeness (QED) is 0.683. The normalized spacial score (nSPS) is 15.8. The molecule has 0 aromatic heterocycles. The van der Waals surface area contributed by atoms with E-state index in [4.69, 9.17) is 15.2 Å². The molecule has 0 aliphatic carbocycles. The molecule has 5 nitrogen and oxygen atoms in total. The standard InChI is InChI=1S/C12H23NO4/c1-5-16-10(14)8-7-9(3)12(4,13)11(15)17-6-2/h9H,5-8,13H2,1-4H3. The van der Waals surface area contributed by atoms with E-state index in [1.54, 1.807) is 20.8 Å². The molecule has 100 valence electrons. The van der Waals surface area contributed by atoms with Gasteiger partial charge in [0.25, 0.3) is 0 Å². The van der Waals surface area contributed by atoms with Gasteiger partial charge < -0.3 is 15.2 Å². The summed E-state index contributed by atoms with van der Waals surface area (Å²) in [4.78, 5) is 22.8. The maximum absolute atomic E-state index is 11.6. The van der Waals surface area contributed by atoms with Gasteiger partial charge in [0.1, 0.15) is 5.54 Å². The van der Waals surface area contributed by atoms with E-state index in [0.717, 1.165) is 0 Å². The van der Waals surface area contributed by atoms with Crippen LogP contribution in [0.3, 0.4) is 0 Å². The van der Waals surface area contributed by atoms with Crippen LogP contribution in [0.2, 0.25) is 0 Å². The van der Waals surface area contributed by atoms with Crippen molar-refractivity contribution in [3.05, 3.63) is 0 Å². The number of carbonyl (C=O) groups is 2. The number of nitrogens with two attached hydrogens (primary N) is 1. The zero-order valence-corrected chi connectivity index (χ0v) is 11.1. The fourth-order valence-electron chi connectivity index (χ4n) is 1.36. The van der Waals surface area contributed by atoms with Gasteiger partial charge >= 0.3 is 11.9 Å². The predicted molar refractivity (Wildman–Crippen MR) is 64.3 cm³/mol. The van der Waals surface area contributed by atoms with Gasteiger partial charge in [0.15, 0.2) is 0 Å². The Bertz CT molecular complexity index is 263. The van der Waals surface area contributed by atoms with E-state index in [1.165, 1.54) is 0 Å². The van der Waals surface area contributed by atoms with Crippen LogP contribution in [0, 0.1) is 5.92 Å². The molecule has 2 atom stereocenters. The lowest BCUT2D eigenvalue weighted by molar-refractivity contribution is -0.152. The van der Waals surface area contributed by atoms with Crippen molar-refractivity contribution in [2.75, 3.05) is 13.2 Å². The summed E-state index contributed by atoms with van der Waals surface area (Å²) in [6, 6.07) is 0. The van der Waals surface area contributed by atoms with Gasteiger partial charge in [0, 0.05) is 6.42 Å². The molecule has 0 saturated heterocycles. The zero-order valence-electron chi connectivity index (χ0n) is 11.1. The molecule has 0 radical (unpaired) electrons. The smallest absolute Gasteiger partial charge is 0.326 e. The average Bonchev–Trinajstić information content (AvgIpc) is 2.26. The summed E-state index contributed by atoms with van der Waals surface area (Å²) in [6.45, 7) is 7.61. The van der Waals surface area contributed by atoms with Crippen LogP contribution in [0.25, 0.3) is 0 Å². The molecule has 0 fully saturated rings. The van der Waals surface area contributed by atoms with Crippen LogP contribution in [0.15, 0.2) is 0 Å². The van der Waals surface area contributed by atoms with Crippen molar-refractivity contribution in [1.29, 1.82) is 0 Å². The summed E-state index contributed by atoms with van der Waals surface area (Å²) in [5.41, 5.74) is 4.86. The summed E-state index contributed by atoms with van der Waals surface area (Å²) in [5, 5.41) is 0. The van der Waals surface area contributed by atoms with Crippen LogP contribution in [-0.2, 0) is 19.1 Å². The number of hydrogen-bond acceptors (Lipinski definition) is 5. The van der Waals surface area contributed by atoms with Crippen LogP contribution in [0.1, 0.15) is 40.5 Å². The first-order valence-electron chi connectivity index (χ1n) is 5.97. The van der Waals surface area contributed by atoms with Gasteiger partial charge in [0.05, 0.1) is 13.2 Å². The highest BCUT2D eigenvalue weighted by atomic mass is 16.5. The van der Waals surface area contributed by atoms with E-state index >= 15 is 0 Å². The summed E-state index contributed by atoms with van der Waals surface area (Å²) in [6.07, 6.45) is 0.770. The van der Waals surface area contributed by atoms with Crippen molar-refractivity contribution in [3.8, 4) is 0 Å². The molecule has 0 aliphatic heterocycles. The van der Waals surface area contributed by atoms with Crippen molar-refractivity contribution in [1.82, 2.24) is 0 Å². The average molecular weight is 245 g/mol. The molecule has 2 unspecified atom stereocenters. The Kier molecular flexibility index (Phi) is 6.80. The third-order valence-corrected chi connectivity index (χ3v) is 2.83. The molecule has 0 aliphatic rings. The Hall–Kier alpha value is -1.10. The van der Waals surface area contributed by atoms with Crippen LogP contribution >= 0.6 is 0 Å². The molecule has 0 rings (SSSR count). The Balaban J connectivity index is 4.24. The van der Waals surface area contributed by atoms with Crippen LogP contribution < -0.4 is 5.73 Å². The monoisotopic (exact) mass is 245 g/mol. The highest BCUT2D eigenvalue weighted by Crippen LogP contribution is 2.21. The molecule has 0 spiro atoms. The molecule has 0 aromatic rings. The van der Waals surface area contributed by atoms with Crippen molar-refractivity contribution < 1.29 is 19.1 Å². The first-order valence-corrected chi connectivity index (χ1v) is 5.97. The molecule has 17 heavy (non-hydrogen) atoms. The Morgan fingerprint density at radius 1 is 1.24 bits per heavy atom. The van der Waals surface area contributed by atoms with Crippen molar-refractivity contribution in [2.24, 2.45) is 11.7 Å². The first kappa shape index (κ1) is 15.9. The molecule has 0 aromatic carbocycles. The van der Waals surface area contributed by atoms with E-state index in [0.29, 0.717) is 19.6 Å². The fourth-order valence-corrected chi connectivity index (χ4v) is 1.36. The third kappa shape index (κ3) is 5.17. The van der Waals surface area contributed by atoms with Crippen molar-refractivity contribution >= 4 is 11.9 Å². The number of carbonyl (C=O) groups excluding carboxylic acids is 2. The van der Waals surface area contributed by atoms with E-state index in [1.807, 2.05) is 6.92 Å². The number of hydrogen-bond donors (Lipinski definition) is 1. The second-order valence-electron chi connectivity index (χ2n) is 4.25. The molecule has 2 N–H and O–H groups in total. The van der Waals surface area contributed by atoms with E-state index in [9.17, 15) is 9.59 Å². The van der Waals surface area contributed by atoms with Crippen molar-refractivity contribution in [3.63, 3.8) is 0 Å². The van der Waals surface area contributed by atoms with Gasteiger partial charge in [-0.1, -0.05) is 6.92 Å². The van der Waals surface area contributed by atoms with Gasteiger partial charge in [-0.05, 0) is 33.1 Å². The lowest BCUT2D eigenvalue weighted by atomic mass is 9.85. The Labute approximate surface area is 103 Å². The van der Waals surface area contributed by atoms with E-state index in [2.05, 4.69) is 0 Å². The third-order valence-electron chi connectivity index (χ3n) is 2.83. The highest BCUT2D eigenvalue weighted by Gasteiger charge is 2.36. The maximum atomic E-state index is 11.6. The molecular formula is C12H23NO4.